The third-order valence-corrected chi connectivity index (χ3v) is 3.87. The van der Waals surface area contributed by atoms with E-state index in [1.807, 2.05) is 37.4 Å². The highest BCUT2D eigenvalue weighted by atomic mass is 16.3. The molecule has 2 nitrogen and oxygen atoms in total. The highest BCUT2D eigenvalue weighted by Gasteiger charge is 2.05. The Morgan fingerprint density at radius 2 is 1.26 bits per heavy atom. The van der Waals surface area contributed by atoms with Gasteiger partial charge in [-0.3, -0.25) is 0 Å². The van der Waals surface area contributed by atoms with Gasteiger partial charge in [-0.15, -0.1) is 0 Å². The van der Waals surface area contributed by atoms with Gasteiger partial charge >= 0.3 is 0 Å². The molecule has 0 unspecified atom stereocenters. The van der Waals surface area contributed by atoms with Crippen molar-refractivity contribution in [2.45, 2.75) is 51.7 Å². The van der Waals surface area contributed by atoms with Crippen molar-refractivity contribution >= 4 is 0 Å². The van der Waals surface area contributed by atoms with Gasteiger partial charge in [0.15, 0.2) is 0 Å². The Bertz CT molecular complexity index is 498. The SMILES string of the molecule is CCC[C@H](NC)c1ccccc1.CCC[C@H](O)c1ccccc1. The number of benzene rings is 2. The van der Waals surface area contributed by atoms with Crippen LogP contribution in [-0.4, -0.2) is 12.2 Å². The monoisotopic (exact) mass is 313 g/mol. The van der Waals surface area contributed by atoms with Crippen LogP contribution < -0.4 is 5.32 Å². The largest absolute Gasteiger partial charge is 0.388 e. The van der Waals surface area contributed by atoms with Crippen LogP contribution >= 0.6 is 0 Å². The molecular weight excluding hydrogens is 282 g/mol. The van der Waals surface area contributed by atoms with Crippen molar-refractivity contribution in [2.75, 3.05) is 7.05 Å². The minimum absolute atomic E-state index is 0.277. The summed E-state index contributed by atoms with van der Waals surface area (Å²) < 4.78 is 0. The van der Waals surface area contributed by atoms with Crippen LogP contribution in [0.3, 0.4) is 0 Å². The Labute approximate surface area is 141 Å². The summed E-state index contributed by atoms with van der Waals surface area (Å²) in [6, 6.07) is 20.9. The van der Waals surface area contributed by atoms with Crippen molar-refractivity contribution in [3.63, 3.8) is 0 Å². The molecule has 2 heteroatoms. The van der Waals surface area contributed by atoms with Crippen LogP contribution in [0, 0.1) is 0 Å². The molecule has 2 aromatic carbocycles. The van der Waals surface area contributed by atoms with Crippen LogP contribution in [-0.2, 0) is 0 Å². The maximum atomic E-state index is 9.52. The molecule has 126 valence electrons. The highest BCUT2D eigenvalue weighted by Crippen LogP contribution is 2.17. The number of rotatable bonds is 7. The summed E-state index contributed by atoms with van der Waals surface area (Å²) in [5, 5.41) is 12.8. The molecule has 2 aromatic rings. The molecule has 0 spiro atoms. The summed E-state index contributed by atoms with van der Waals surface area (Å²) in [7, 11) is 2.02. The molecule has 0 aromatic heterocycles. The van der Waals surface area contributed by atoms with Crippen LogP contribution in [0.15, 0.2) is 60.7 Å². The van der Waals surface area contributed by atoms with Crippen LogP contribution in [0.5, 0.6) is 0 Å². The van der Waals surface area contributed by atoms with Crippen molar-refractivity contribution in [3.05, 3.63) is 71.8 Å². The zero-order chi connectivity index (χ0) is 16.9. The third-order valence-electron chi connectivity index (χ3n) is 3.87. The predicted octanol–water partition coefficient (Wildman–Crippen LogP) is 5.27. The second kappa shape index (κ2) is 11.9. The normalized spacial score (nSPS) is 12.9. The number of aliphatic hydroxyl groups is 1. The average molecular weight is 313 g/mol. The van der Waals surface area contributed by atoms with Crippen molar-refractivity contribution < 1.29 is 5.11 Å². The molecule has 0 saturated carbocycles. The first-order valence-electron chi connectivity index (χ1n) is 8.68. The van der Waals surface area contributed by atoms with Gasteiger partial charge in [-0.2, -0.15) is 0 Å². The third kappa shape index (κ3) is 7.45. The van der Waals surface area contributed by atoms with E-state index in [0.717, 1.165) is 18.4 Å². The molecule has 0 heterocycles. The van der Waals surface area contributed by atoms with Gasteiger partial charge in [0.2, 0.25) is 0 Å². The number of aliphatic hydroxyl groups excluding tert-OH is 1. The van der Waals surface area contributed by atoms with Gasteiger partial charge in [-0.05, 0) is 31.0 Å². The molecule has 23 heavy (non-hydrogen) atoms. The maximum Gasteiger partial charge on any atom is 0.0790 e. The predicted molar refractivity (Wildman–Crippen MR) is 99.5 cm³/mol. The molecule has 0 saturated heterocycles. The number of hydrogen-bond donors (Lipinski definition) is 2. The molecule has 0 aliphatic rings. The summed E-state index contributed by atoms with van der Waals surface area (Å²) >= 11 is 0. The lowest BCUT2D eigenvalue weighted by Gasteiger charge is -2.14. The van der Waals surface area contributed by atoms with E-state index < -0.39 is 0 Å². The highest BCUT2D eigenvalue weighted by molar-refractivity contribution is 5.18. The van der Waals surface area contributed by atoms with Gasteiger partial charge in [0, 0.05) is 6.04 Å². The summed E-state index contributed by atoms with van der Waals surface area (Å²) in [6.07, 6.45) is 4.03. The quantitative estimate of drug-likeness (QED) is 0.730. The molecule has 2 N–H and O–H groups in total. The molecule has 0 amide bonds. The average Bonchev–Trinajstić information content (AvgIpc) is 2.62. The molecule has 2 rings (SSSR count). The second-order valence-corrected chi connectivity index (χ2v) is 5.76. The van der Waals surface area contributed by atoms with Crippen LogP contribution in [0.1, 0.15) is 62.8 Å². The summed E-state index contributed by atoms with van der Waals surface area (Å²) in [6.45, 7) is 4.29. The Hall–Kier alpha value is -1.64. The van der Waals surface area contributed by atoms with Crippen molar-refractivity contribution in [1.29, 1.82) is 0 Å². The molecule has 0 bridgehead atoms. The summed E-state index contributed by atoms with van der Waals surface area (Å²) in [4.78, 5) is 0. The summed E-state index contributed by atoms with van der Waals surface area (Å²) in [5.74, 6) is 0. The van der Waals surface area contributed by atoms with Crippen LogP contribution in [0.2, 0.25) is 0 Å². The lowest BCUT2D eigenvalue weighted by molar-refractivity contribution is 0.166. The first-order valence-corrected chi connectivity index (χ1v) is 8.68. The van der Waals surface area contributed by atoms with E-state index in [1.165, 1.54) is 18.4 Å². The molecule has 0 aliphatic heterocycles. The lowest BCUT2D eigenvalue weighted by atomic mass is 10.0. The summed E-state index contributed by atoms with van der Waals surface area (Å²) in [5.41, 5.74) is 2.41. The van der Waals surface area contributed by atoms with Crippen LogP contribution in [0.4, 0.5) is 0 Å². The maximum absolute atomic E-state index is 9.52. The molecule has 0 aliphatic carbocycles. The van der Waals surface area contributed by atoms with E-state index in [0.29, 0.717) is 6.04 Å². The molecule has 2 atom stereocenters. The fourth-order valence-corrected chi connectivity index (χ4v) is 2.57. The van der Waals surface area contributed by atoms with Gasteiger partial charge in [0.1, 0.15) is 0 Å². The van der Waals surface area contributed by atoms with Crippen molar-refractivity contribution in [3.8, 4) is 0 Å². The smallest absolute Gasteiger partial charge is 0.0790 e. The zero-order valence-corrected chi connectivity index (χ0v) is 14.7. The van der Waals surface area contributed by atoms with Crippen LogP contribution in [0.25, 0.3) is 0 Å². The first-order chi connectivity index (χ1) is 11.2. The zero-order valence-electron chi connectivity index (χ0n) is 14.7. The van der Waals surface area contributed by atoms with Crippen molar-refractivity contribution in [1.82, 2.24) is 5.32 Å². The lowest BCUT2D eigenvalue weighted by Crippen LogP contribution is -2.15. The Balaban J connectivity index is 0.000000231. The van der Waals surface area contributed by atoms with E-state index in [1.54, 1.807) is 0 Å². The fraction of sp³-hybridized carbons (Fsp3) is 0.429. The van der Waals surface area contributed by atoms with Gasteiger partial charge in [0.25, 0.3) is 0 Å². The second-order valence-electron chi connectivity index (χ2n) is 5.76. The first kappa shape index (κ1) is 19.4. The minimum atomic E-state index is -0.277. The van der Waals surface area contributed by atoms with E-state index >= 15 is 0 Å². The van der Waals surface area contributed by atoms with Crippen molar-refractivity contribution in [2.24, 2.45) is 0 Å². The fourth-order valence-electron chi connectivity index (χ4n) is 2.57. The molecule has 0 radical (unpaired) electrons. The van der Waals surface area contributed by atoms with Gasteiger partial charge in [-0.25, -0.2) is 0 Å². The number of hydrogen-bond acceptors (Lipinski definition) is 2. The Kier molecular flexibility index (Phi) is 10.0. The van der Waals surface area contributed by atoms with Gasteiger partial charge < -0.3 is 10.4 Å². The topological polar surface area (TPSA) is 32.3 Å². The van der Waals surface area contributed by atoms with E-state index in [2.05, 4.69) is 49.5 Å². The Morgan fingerprint density at radius 1 is 0.783 bits per heavy atom. The number of nitrogens with one attached hydrogen (secondary N) is 1. The standard InChI is InChI=1S/C11H17N.C10H14O/c1-3-7-11(12-2)10-8-5-4-6-9-10;1-2-6-10(11)9-7-4-3-5-8-9/h4-6,8-9,11-12H,3,7H2,1-2H3;3-5,7-8,10-11H,2,6H2,1H3/t11-;10-/m00/s1. The minimum Gasteiger partial charge on any atom is -0.388 e. The van der Waals surface area contributed by atoms with E-state index in [-0.39, 0.29) is 6.10 Å². The van der Waals surface area contributed by atoms with Gasteiger partial charge in [-0.1, -0.05) is 87.4 Å². The van der Waals surface area contributed by atoms with E-state index in [9.17, 15) is 5.11 Å². The molecular formula is C21H31NO. The molecule has 0 fully saturated rings. The van der Waals surface area contributed by atoms with Gasteiger partial charge in [0.05, 0.1) is 6.10 Å². The van der Waals surface area contributed by atoms with E-state index in [4.69, 9.17) is 0 Å². The Morgan fingerprint density at radius 3 is 1.70 bits per heavy atom.